The van der Waals surface area contributed by atoms with Crippen molar-refractivity contribution in [3.05, 3.63) is 82.2 Å². The number of hydrogen-bond donors (Lipinski definition) is 1. The van der Waals surface area contributed by atoms with Crippen LogP contribution in [-0.2, 0) is 19.1 Å². The first-order valence-electron chi connectivity index (χ1n) is 11.4. The number of hydrogen-bond acceptors (Lipinski definition) is 7. The molecule has 2 atom stereocenters. The molecule has 0 unspecified atom stereocenters. The van der Waals surface area contributed by atoms with Crippen molar-refractivity contribution in [3.8, 4) is 11.5 Å². The van der Waals surface area contributed by atoms with E-state index in [2.05, 4.69) is 17.4 Å². The predicted octanol–water partition coefficient (Wildman–Crippen LogP) is 3.97. The van der Waals surface area contributed by atoms with Crippen LogP contribution in [-0.4, -0.2) is 38.9 Å². The van der Waals surface area contributed by atoms with Gasteiger partial charge in [0.2, 0.25) is 6.79 Å². The highest BCUT2D eigenvalue weighted by atomic mass is 16.7. The number of ether oxygens (including phenoxy) is 4. The van der Waals surface area contributed by atoms with Gasteiger partial charge in [-0.1, -0.05) is 36.4 Å². The van der Waals surface area contributed by atoms with Gasteiger partial charge in [-0.15, -0.1) is 0 Å². The molecule has 0 saturated carbocycles. The first-order valence-corrected chi connectivity index (χ1v) is 11.4. The number of esters is 1. The number of rotatable bonds is 6. The summed E-state index contributed by atoms with van der Waals surface area (Å²) in [6.07, 6.45) is 1.08. The normalized spacial score (nSPS) is 21.3. The van der Waals surface area contributed by atoms with Crippen LogP contribution in [0.25, 0.3) is 0 Å². The molecule has 0 spiro atoms. The quantitative estimate of drug-likeness (QED) is 0.515. The SMILES string of the molecule is COCCOC(=O)C1=C(C)NC2=C(C(=O)C[C@@H](c3ccccc3)C2)[C@@H]1c1ccc2c(c1)OCO2. The molecular formula is C27H27NO6. The Morgan fingerprint density at radius 3 is 2.62 bits per heavy atom. The van der Waals surface area contributed by atoms with Crippen molar-refractivity contribution < 1.29 is 28.5 Å². The summed E-state index contributed by atoms with van der Waals surface area (Å²) in [5, 5.41) is 3.37. The molecule has 3 aliphatic rings. The Hall–Kier alpha value is -3.58. The Morgan fingerprint density at radius 1 is 1.03 bits per heavy atom. The molecule has 0 aromatic heterocycles. The molecule has 5 rings (SSSR count). The van der Waals surface area contributed by atoms with Crippen LogP contribution in [0.2, 0.25) is 0 Å². The van der Waals surface area contributed by atoms with Crippen molar-refractivity contribution in [2.24, 2.45) is 0 Å². The second-order valence-electron chi connectivity index (χ2n) is 8.67. The number of benzene rings is 2. The molecule has 0 bridgehead atoms. The highest BCUT2D eigenvalue weighted by Crippen LogP contribution is 2.47. The van der Waals surface area contributed by atoms with Crippen molar-refractivity contribution >= 4 is 11.8 Å². The number of carbonyl (C=O) groups excluding carboxylic acids is 2. The first-order chi connectivity index (χ1) is 16.6. The van der Waals surface area contributed by atoms with E-state index in [1.807, 2.05) is 43.3 Å². The second kappa shape index (κ2) is 9.35. The Bertz CT molecular complexity index is 1180. The van der Waals surface area contributed by atoms with Crippen LogP contribution in [0, 0.1) is 0 Å². The molecule has 7 heteroatoms. The minimum absolute atomic E-state index is 0.0277. The maximum absolute atomic E-state index is 13.6. The number of methoxy groups -OCH3 is 1. The largest absolute Gasteiger partial charge is 0.460 e. The fourth-order valence-electron chi connectivity index (χ4n) is 4.99. The first kappa shape index (κ1) is 22.2. The van der Waals surface area contributed by atoms with E-state index in [4.69, 9.17) is 18.9 Å². The van der Waals surface area contributed by atoms with Gasteiger partial charge in [0.15, 0.2) is 17.3 Å². The van der Waals surface area contributed by atoms with E-state index in [9.17, 15) is 9.59 Å². The van der Waals surface area contributed by atoms with Crippen LogP contribution >= 0.6 is 0 Å². The molecule has 2 aliphatic heterocycles. The van der Waals surface area contributed by atoms with E-state index < -0.39 is 11.9 Å². The maximum Gasteiger partial charge on any atom is 0.336 e. The van der Waals surface area contributed by atoms with Crippen molar-refractivity contribution in [2.75, 3.05) is 27.1 Å². The molecule has 0 saturated heterocycles. The molecule has 2 aromatic rings. The second-order valence-corrected chi connectivity index (χ2v) is 8.67. The molecule has 0 fully saturated rings. The van der Waals surface area contributed by atoms with Gasteiger partial charge in [-0.3, -0.25) is 4.79 Å². The lowest BCUT2D eigenvalue weighted by Gasteiger charge is -2.36. The zero-order valence-electron chi connectivity index (χ0n) is 19.3. The molecule has 34 heavy (non-hydrogen) atoms. The fourth-order valence-corrected chi connectivity index (χ4v) is 4.99. The number of ketones is 1. The highest BCUT2D eigenvalue weighted by Gasteiger charge is 2.41. The van der Waals surface area contributed by atoms with E-state index >= 15 is 0 Å². The topological polar surface area (TPSA) is 83.1 Å². The zero-order valence-corrected chi connectivity index (χ0v) is 19.3. The Balaban J connectivity index is 1.56. The van der Waals surface area contributed by atoms with Crippen molar-refractivity contribution in [3.63, 3.8) is 0 Å². The Kier molecular flexibility index (Phi) is 6.11. The lowest BCUT2D eigenvalue weighted by Crippen LogP contribution is -2.36. The zero-order chi connectivity index (χ0) is 23.7. The summed E-state index contributed by atoms with van der Waals surface area (Å²) in [4.78, 5) is 26.8. The monoisotopic (exact) mass is 461 g/mol. The summed E-state index contributed by atoms with van der Waals surface area (Å²) in [6.45, 7) is 2.44. The van der Waals surface area contributed by atoms with E-state index in [0.29, 0.717) is 47.8 Å². The molecule has 7 nitrogen and oxygen atoms in total. The van der Waals surface area contributed by atoms with E-state index in [1.165, 1.54) is 0 Å². The van der Waals surface area contributed by atoms with Crippen LogP contribution in [0.1, 0.15) is 42.7 Å². The van der Waals surface area contributed by atoms with Crippen LogP contribution in [0.15, 0.2) is 71.1 Å². The summed E-state index contributed by atoms with van der Waals surface area (Å²) in [7, 11) is 1.55. The predicted molar refractivity (Wildman–Crippen MR) is 124 cm³/mol. The van der Waals surface area contributed by atoms with Gasteiger partial charge in [0.25, 0.3) is 0 Å². The third-order valence-electron chi connectivity index (χ3n) is 6.57. The molecule has 176 valence electrons. The third kappa shape index (κ3) is 4.07. The molecule has 1 N–H and O–H groups in total. The number of Topliss-reactive ketones (excluding diaryl/α,β-unsaturated/α-hetero) is 1. The van der Waals surface area contributed by atoms with Crippen molar-refractivity contribution in [1.82, 2.24) is 5.32 Å². The van der Waals surface area contributed by atoms with Gasteiger partial charge >= 0.3 is 5.97 Å². The Morgan fingerprint density at radius 2 is 1.82 bits per heavy atom. The lowest BCUT2D eigenvalue weighted by molar-refractivity contribution is -0.140. The number of carbonyl (C=O) groups is 2. The van der Waals surface area contributed by atoms with Crippen molar-refractivity contribution in [2.45, 2.75) is 31.6 Å². The van der Waals surface area contributed by atoms with Gasteiger partial charge in [0.05, 0.1) is 12.2 Å². The summed E-state index contributed by atoms with van der Waals surface area (Å²) in [5.41, 5.74) is 4.53. The van der Waals surface area contributed by atoms with Crippen LogP contribution in [0.3, 0.4) is 0 Å². The lowest BCUT2D eigenvalue weighted by atomic mass is 9.71. The molecule has 1 aliphatic carbocycles. The minimum atomic E-state index is -0.551. The third-order valence-corrected chi connectivity index (χ3v) is 6.57. The van der Waals surface area contributed by atoms with E-state index in [-0.39, 0.29) is 25.1 Å². The summed E-state index contributed by atoms with van der Waals surface area (Å²) < 4.78 is 21.6. The minimum Gasteiger partial charge on any atom is -0.460 e. The van der Waals surface area contributed by atoms with Gasteiger partial charge in [0.1, 0.15) is 6.61 Å². The van der Waals surface area contributed by atoms with Crippen molar-refractivity contribution in [1.29, 1.82) is 0 Å². The van der Waals surface area contributed by atoms with Gasteiger partial charge in [-0.05, 0) is 42.5 Å². The number of allylic oxidation sites excluding steroid dienone is 3. The molecule has 2 aromatic carbocycles. The highest BCUT2D eigenvalue weighted by molar-refractivity contribution is 6.04. The molecular weight excluding hydrogens is 434 g/mol. The average molecular weight is 462 g/mol. The average Bonchev–Trinajstić information content (AvgIpc) is 3.31. The fraction of sp³-hybridized carbons (Fsp3) is 0.333. The van der Waals surface area contributed by atoms with E-state index in [1.54, 1.807) is 7.11 Å². The summed E-state index contributed by atoms with van der Waals surface area (Å²) in [6, 6.07) is 15.6. The molecule has 0 radical (unpaired) electrons. The Labute approximate surface area is 198 Å². The van der Waals surface area contributed by atoms with Crippen LogP contribution in [0.4, 0.5) is 0 Å². The van der Waals surface area contributed by atoms with Gasteiger partial charge in [-0.25, -0.2) is 4.79 Å². The number of nitrogens with one attached hydrogen (secondary N) is 1. The molecule has 0 amide bonds. The number of fused-ring (bicyclic) bond motifs is 1. The smallest absolute Gasteiger partial charge is 0.336 e. The maximum atomic E-state index is 13.6. The van der Waals surface area contributed by atoms with Gasteiger partial charge in [-0.2, -0.15) is 0 Å². The van der Waals surface area contributed by atoms with Gasteiger partial charge in [0, 0.05) is 36.4 Å². The standard InChI is InChI=1S/C27H27NO6/c1-16-24(27(30)32-11-10-31-2)25(18-8-9-22-23(14-18)34-15-33-22)26-20(28-16)12-19(13-21(26)29)17-6-4-3-5-7-17/h3-9,14,19,25,28H,10-13,15H2,1-2H3/t19-,25+/m0/s1. The summed E-state index contributed by atoms with van der Waals surface area (Å²) >= 11 is 0. The van der Waals surface area contributed by atoms with Crippen LogP contribution in [0.5, 0.6) is 11.5 Å². The van der Waals surface area contributed by atoms with E-state index in [0.717, 1.165) is 16.8 Å². The number of dihydropyridines is 1. The van der Waals surface area contributed by atoms with Crippen LogP contribution < -0.4 is 14.8 Å². The molecule has 2 heterocycles. The van der Waals surface area contributed by atoms with Gasteiger partial charge < -0.3 is 24.3 Å². The summed E-state index contributed by atoms with van der Waals surface area (Å²) in [5.74, 6) is 0.351.